The number of esters is 2. The fourth-order valence-corrected chi connectivity index (χ4v) is 4.32. The van der Waals surface area contributed by atoms with E-state index in [1.54, 1.807) is 32.9 Å². The average Bonchev–Trinajstić information content (AvgIpc) is 2.65. The number of hydrogen-bond donors (Lipinski definition) is 0. The van der Waals surface area contributed by atoms with Crippen LogP contribution in [0.5, 0.6) is 5.75 Å². The fourth-order valence-electron chi connectivity index (χ4n) is 2.85. The molecule has 0 saturated carbocycles. The molecule has 8 nitrogen and oxygen atoms in total. The number of nitrogens with zero attached hydrogens (tertiary/aromatic N) is 1. The van der Waals surface area contributed by atoms with Gasteiger partial charge in [0, 0.05) is 13.1 Å². The first kappa shape index (κ1) is 22.2. The lowest BCUT2D eigenvalue weighted by molar-refractivity contribution is -0.168. The van der Waals surface area contributed by atoms with Crippen LogP contribution in [0.3, 0.4) is 0 Å². The Kier molecular flexibility index (Phi) is 7.06. The first-order valence-electron chi connectivity index (χ1n) is 9.05. The molecule has 1 aromatic rings. The van der Waals surface area contributed by atoms with Gasteiger partial charge in [0.15, 0.2) is 6.61 Å². The van der Waals surface area contributed by atoms with Gasteiger partial charge >= 0.3 is 11.9 Å². The van der Waals surface area contributed by atoms with E-state index in [0.29, 0.717) is 18.6 Å². The van der Waals surface area contributed by atoms with Crippen LogP contribution in [0.25, 0.3) is 0 Å². The van der Waals surface area contributed by atoms with Gasteiger partial charge in [-0.25, -0.2) is 13.2 Å². The Balaban J connectivity index is 1.87. The Bertz CT molecular complexity index is 789. The third-order valence-corrected chi connectivity index (χ3v) is 6.15. The molecule has 0 bridgehead atoms. The van der Waals surface area contributed by atoms with Crippen LogP contribution in [-0.2, 0) is 29.1 Å². The van der Waals surface area contributed by atoms with E-state index >= 15 is 0 Å². The van der Waals surface area contributed by atoms with Crippen molar-refractivity contribution in [3.8, 4) is 5.75 Å². The van der Waals surface area contributed by atoms with E-state index in [1.807, 2.05) is 0 Å². The Morgan fingerprint density at radius 1 is 1.11 bits per heavy atom. The average molecular weight is 413 g/mol. The largest absolute Gasteiger partial charge is 0.497 e. The van der Waals surface area contributed by atoms with Crippen molar-refractivity contribution in [2.75, 3.05) is 26.8 Å². The number of methoxy groups -OCH3 is 1. The molecule has 1 saturated heterocycles. The molecule has 0 spiro atoms. The van der Waals surface area contributed by atoms with E-state index in [9.17, 15) is 18.0 Å². The Hall–Kier alpha value is -2.13. The summed E-state index contributed by atoms with van der Waals surface area (Å²) in [7, 11) is -2.12. The van der Waals surface area contributed by atoms with E-state index < -0.39 is 40.1 Å². The van der Waals surface area contributed by atoms with Crippen molar-refractivity contribution in [1.82, 2.24) is 4.31 Å². The summed E-state index contributed by atoms with van der Waals surface area (Å²) in [4.78, 5) is 24.0. The van der Waals surface area contributed by atoms with Crippen LogP contribution in [0.1, 0.15) is 33.6 Å². The number of ether oxygens (including phenoxy) is 3. The van der Waals surface area contributed by atoms with Crippen LogP contribution in [-0.4, -0.2) is 57.1 Å². The molecule has 1 aliphatic heterocycles. The molecule has 0 aromatic heterocycles. The van der Waals surface area contributed by atoms with Crippen LogP contribution in [0.15, 0.2) is 29.2 Å². The molecule has 0 amide bonds. The molecular formula is C19H27NO7S. The lowest BCUT2D eigenvalue weighted by Gasteiger charge is -2.30. The molecule has 0 aliphatic carbocycles. The summed E-state index contributed by atoms with van der Waals surface area (Å²) in [5.74, 6) is -0.983. The maximum atomic E-state index is 12.7. The lowest BCUT2D eigenvalue weighted by atomic mass is 9.98. The molecule has 0 unspecified atom stereocenters. The zero-order valence-corrected chi connectivity index (χ0v) is 17.5. The predicted octanol–water partition coefficient (Wildman–Crippen LogP) is 1.98. The highest BCUT2D eigenvalue weighted by atomic mass is 32.2. The van der Waals surface area contributed by atoms with Gasteiger partial charge in [0.05, 0.1) is 17.9 Å². The number of piperidine rings is 1. The van der Waals surface area contributed by atoms with Gasteiger partial charge in [0.1, 0.15) is 11.4 Å². The number of rotatable bonds is 6. The number of hydrogen-bond acceptors (Lipinski definition) is 7. The van der Waals surface area contributed by atoms with Gasteiger partial charge in [0.2, 0.25) is 10.0 Å². The number of carbonyl (C=O) groups excluding carboxylic acids is 2. The minimum Gasteiger partial charge on any atom is -0.497 e. The second-order valence-corrected chi connectivity index (χ2v) is 9.49. The van der Waals surface area contributed by atoms with E-state index in [4.69, 9.17) is 14.2 Å². The Morgan fingerprint density at radius 2 is 1.68 bits per heavy atom. The standard InChI is InChI=1S/C19H27NO7S/c1-19(2,3)27-17(21)13-26-18(22)14-9-11-20(12-10-14)28(23,24)16-7-5-15(25-4)6-8-16/h5-8,14H,9-13H2,1-4H3. The van der Waals surface area contributed by atoms with Gasteiger partial charge in [0.25, 0.3) is 0 Å². The monoisotopic (exact) mass is 413 g/mol. The zero-order chi connectivity index (χ0) is 20.9. The highest BCUT2D eigenvalue weighted by molar-refractivity contribution is 7.89. The molecule has 156 valence electrons. The maximum Gasteiger partial charge on any atom is 0.344 e. The van der Waals surface area contributed by atoms with Gasteiger partial charge in [-0.3, -0.25) is 4.79 Å². The second kappa shape index (κ2) is 8.91. The van der Waals surface area contributed by atoms with Crippen molar-refractivity contribution >= 4 is 22.0 Å². The summed E-state index contributed by atoms with van der Waals surface area (Å²) in [6, 6.07) is 6.17. The first-order chi connectivity index (χ1) is 13.0. The maximum absolute atomic E-state index is 12.7. The molecule has 1 aromatic carbocycles. The first-order valence-corrected chi connectivity index (χ1v) is 10.5. The molecule has 2 rings (SSSR count). The van der Waals surface area contributed by atoms with Crippen molar-refractivity contribution in [3.63, 3.8) is 0 Å². The topological polar surface area (TPSA) is 99.2 Å². The van der Waals surface area contributed by atoms with Crippen molar-refractivity contribution in [2.24, 2.45) is 5.92 Å². The highest BCUT2D eigenvalue weighted by Crippen LogP contribution is 2.25. The Morgan fingerprint density at radius 3 is 2.18 bits per heavy atom. The number of benzene rings is 1. The molecule has 0 radical (unpaired) electrons. The minimum atomic E-state index is -3.63. The quantitative estimate of drug-likeness (QED) is 0.658. The Labute approximate surface area is 165 Å². The molecule has 0 N–H and O–H groups in total. The van der Waals surface area contributed by atoms with Gasteiger partial charge in [-0.1, -0.05) is 0 Å². The minimum absolute atomic E-state index is 0.180. The number of sulfonamides is 1. The second-order valence-electron chi connectivity index (χ2n) is 7.55. The number of carbonyl (C=O) groups is 2. The molecular weight excluding hydrogens is 386 g/mol. The van der Waals surface area contributed by atoms with Gasteiger partial charge < -0.3 is 14.2 Å². The third-order valence-electron chi connectivity index (χ3n) is 4.24. The van der Waals surface area contributed by atoms with E-state index in [1.165, 1.54) is 23.5 Å². The van der Waals surface area contributed by atoms with Crippen LogP contribution in [0.2, 0.25) is 0 Å². The normalized spacial score (nSPS) is 16.4. The van der Waals surface area contributed by atoms with E-state index in [0.717, 1.165) is 0 Å². The summed E-state index contributed by atoms with van der Waals surface area (Å²) < 4.78 is 41.9. The van der Waals surface area contributed by atoms with Crippen molar-refractivity contribution < 1.29 is 32.2 Å². The molecule has 1 fully saturated rings. The lowest BCUT2D eigenvalue weighted by Crippen LogP contribution is -2.41. The van der Waals surface area contributed by atoms with Crippen molar-refractivity contribution in [3.05, 3.63) is 24.3 Å². The van der Waals surface area contributed by atoms with Crippen molar-refractivity contribution in [2.45, 2.75) is 44.1 Å². The molecule has 28 heavy (non-hydrogen) atoms. The molecule has 0 atom stereocenters. The van der Waals surface area contributed by atoms with Gasteiger partial charge in [-0.15, -0.1) is 0 Å². The zero-order valence-electron chi connectivity index (χ0n) is 16.6. The summed E-state index contributed by atoms with van der Waals surface area (Å²) in [5, 5.41) is 0. The van der Waals surface area contributed by atoms with E-state index in [-0.39, 0.29) is 18.0 Å². The summed E-state index contributed by atoms with van der Waals surface area (Å²) in [6.45, 7) is 5.16. The van der Waals surface area contributed by atoms with Crippen molar-refractivity contribution in [1.29, 1.82) is 0 Å². The fraction of sp³-hybridized carbons (Fsp3) is 0.579. The molecule has 1 aliphatic rings. The predicted molar refractivity (Wildman–Crippen MR) is 101 cm³/mol. The van der Waals surface area contributed by atoms with E-state index in [2.05, 4.69) is 0 Å². The van der Waals surface area contributed by atoms with Crippen LogP contribution >= 0.6 is 0 Å². The SMILES string of the molecule is COc1ccc(S(=O)(=O)N2CCC(C(=O)OCC(=O)OC(C)(C)C)CC2)cc1. The molecule has 1 heterocycles. The van der Waals surface area contributed by atoms with Crippen LogP contribution < -0.4 is 4.74 Å². The van der Waals surface area contributed by atoms with Crippen LogP contribution in [0, 0.1) is 5.92 Å². The molecule has 9 heteroatoms. The smallest absolute Gasteiger partial charge is 0.344 e. The summed E-state index contributed by atoms with van der Waals surface area (Å²) in [5.41, 5.74) is -0.648. The van der Waals surface area contributed by atoms with Crippen LogP contribution in [0.4, 0.5) is 0 Å². The van der Waals surface area contributed by atoms with Gasteiger partial charge in [-0.2, -0.15) is 4.31 Å². The summed E-state index contributed by atoms with van der Waals surface area (Å²) >= 11 is 0. The highest BCUT2D eigenvalue weighted by Gasteiger charge is 2.33. The summed E-state index contributed by atoms with van der Waals surface area (Å²) in [6.07, 6.45) is 0.672. The van der Waals surface area contributed by atoms with Gasteiger partial charge in [-0.05, 0) is 57.9 Å². The third kappa shape index (κ3) is 5.93.